The Balaban J connectivity index is 1.11. The van der Waals surface area contributed by atoms with E-state index in [-0.39, 0.29) is 0 Å². The highest BCUT2D eigenvalue weighted by Gasteiger charge is 2.27. The highest BCUT2D eigenvalue weighted by atomic mass is 16.3. The van der Waals surface area contributed by atoms with Crippen molar-refractivity contribution in [3.63, 3.8) is 0 Å². The molecule has 62 heavy (non-hydrogen) atoms. The molecule has 0 amide bonds. The van der Waals surface area contributed by atoms with Crippen molar-refractivity contribution in [2.24, 2.45) is 0 Å². The normalized spacial score (nSPS) is 12.2. The molecular formula is C60H34O2. The maximum atomic E-state index is 6.35. The molecule has 0 atom stereocenters. The Morgan fingerprint density at radius 1 is 0.194 bits per heavy atom. The predicted molar refractivity (Wildman–Crippen MR) is 260 cm³/mol. The first-order chi connectivity index (χ1) is 30.7. The Labute approximate surface area is 356 Å². The van der Waals surface area contributed by atoms with E-state index in [2.05, 4.69) is 188 Å². The van der Waals surface area contributed by atoms with Gasteiger partial charge in [0.2, 0.25) is 0 Å². The fourth-order valence-corrected chi connectivity index (χ4v) is 10.6. The number of hydrogen-bond donors (Lipinski definition) is 0. The zero-order valence-electron chi connectivity index (χ0n) is 33.4. The third-order valence-corrected chi connectivity index (χ3v) is 13.4. The standard InChI is InChI=1S/C60H34O2/c1-4-15-42-39(12-1)40-13-2-5-16-43(40)50-34-52-48-21-11-20-38(37-26-29-59-54(32-37)47-19-8-10-23-57(47)62-59)60(48)55-31-35(36-25-28-58-53(30-36)46-18-7-9-22-56(46)61-58)24-27-45(55)41-14-3-6-17-44(41)51(52)33-49(42)50/h1-34H. The lowest BCUT2D eigenvalue weighted by atomic mass is 9.76. The van der Waals surface area contributed by atoms with E-state index in [1.807, 2.05) is 18.2 Å². The quantitative estimate of drug-likeness (QED) is 0.163. The molecule has 14 rings (SSSR count). The molecule has 0 aliphatic heterocycles. The minimum atomic E-state index is 0.892. The van der Waals surface area contributed by atoms with Gasteiger partial charge in [-0.25, -0.2) is 0 Å². The molecule has 2 aromatic heterocycles. The Hall–Kier alpha value is -8.20. The maximum absolute atomic E-state index is 6.35. The largest absolute Gasteiger partial charge is 0.456 e. The van der Waals surface area contributed by atoms with Crippen molar-refractivity contribution in [1.29, 1.82) is 0 Å². The molecule has 0 radical (unpaired) electrons. The van der Waals surface area contributed by atoms with E-state index in [0.717, 1.165) is 60.6 Å². The molecule has 1 aliphatic carbocycles. The van der Waals surface area contributed by atoms with E-state index >= 15 is 0 Å². The molecule has 11 aromatic carbocycles. The van der Waals surface area contributed by atoms with Crippen LogP contribution in [0, 0.1) is 0 Å². The van der Waals surface area contributed by atoms with Crippen LogP contribution in [0.4, 0.5) is 0 Å². The lowest BCUT2D eigenvalue weighted by Crippen LogP contribution is -2.00. The second kappa shape index (κ2) is 12.7. The van der Waals surface area contributed by atoms with Crippen LogP contribution in [0.25, 0.3) is 143 Å². The van der Waals surface area contributed by atoms with Crippen LogP contribution in [0.2, 0.25) is 0 Å². The van der Waals surface area contributed by atoms with Crippen LogP contribution in [0.3, 0.4) is 0 Å². The summed E-state index contributed by atoms with van der Waals surface area (Å²) in [7, 11) is 0. The van der Waals surface area contributed by atoms with Gasteiger partial charge in [-0.2, -0.15) is 0 Å². The highest BCUT2D eigenvalue weighted by molar-refractivity contribution is 6.27. The van der Waals surface area contributed by atoms with Crippen molar-refractivity contribution in [1.82, 2.24) is 0 Å². The highest BCUT2D eigenvalue weighted by Crippen LogP contribution is 2.53. The smallest absolute Gasteiger partial charge is 0.135 e. The second-order valence-electron chi connectivity index (χ2n) is 16.7. The van der Waals surface area contributed by atoms with E-state index < -0.39 is 0 Å². The first-order valence-electron chi connectivity index (χ1n) is 21.3. The first-order valence-corrected chi connectivity index (χ1v) is 21.3. The molecule has 2 heteroatoms. The van der Waals surface area contributed by atoms with Crippen molar-refractivity contribution in [3.05, 3.63) is 206 Å². The third kappa shape index (κ3) is 4.75. The second-order valence-corrected chi connectivity index (χ2v) is 16.7. The summed E-state index contributed by atoms with van der Waals surface area (Å²) in [5, 5.41) is 12.1. The summed E-state index contributed by atoms with van der Waals surface area (Å²) in [4.78, 5) is 0. The molecule has 13 aromatic rings. The lowest BCUT2D eigenvalue weighted by molar-refractivity contribution is 0.668. The van der Waals surface area contributed by atoms with Crippen molar-refractivity contribution in [3.8, 4) is 66.8 Å². The summed E-state index contributed by atoms with van der Waals surface area (Å²) in [5.41, 5.74) is 17.9. The van der Waals surface area contributed by atoms with Crippen molar-refractivity contribution < 1.29 is 8.83 Å². The minimum Gasteiger partial charge on any atom is -0.456 e. The average molecular weight is 787 g/mol. The third-order valence-electron chi connectivity index (χ3n) is 13.4. The van der Waals surface area contributed by atoms with Crippen LogP contribution in [-0.2, 0) is 0 Å². The fraction of sp³-hybridized carbons (Fsp3) is 0. The van der Waals surface area contributed by atoms with E-state index in [1.54, 1.807) is 0 Å². The van der Waals surface area contributed by atoms with Gasteiger partial charge in [0.25, 0.3) is 0 Å². The summed E-state index contributed by atoms with van der Waals surface area (Å²) >= 11 is 0. The molecule has 0 saturated heterocycles. The Morgan fingerprint density at radius 2 is 0.597 bits per heavy atom. The molecule has 0 fully saturated rings. The van der Waals surface area contributed by atoms with E-state index in [9.17, 15) is 0 Å². The fourth-order valence-electron chi connectivity index (χ4n) is 10.6. The molecule has 0 spiro atoms. The number of fused-ring (bicyclic) bond motifs is 20. The van der Waals surface area contributed by atoms with Crippen LogP contribution < -0.4 is 0 Å². The summed E-state index contributed by atoms with van der Waals surface area (Å²) in [5.74, 6) is 0. The Kier molecular flexibility index (Phi) is 6.86. The van der Waals surface area contributed by atoms with Gasteiger partial charge in [-0.1, -0.05) is 152 Å². The van der Waals surface area contributed by atoms with E-state index in [1.165, 1.54) is 82.4 Å². The summed E-state index contributed by atoms with van der Waals surface area (Å²) in [6, 6.07) is 75.7. The van der Waals surface area contributed by atoms with Crippen LogP contribution in [-0.4, -0.2) is 0 Å². The predicted octanol–water partition coefficient (Wildman–Crippen LogP) is 17.3. The SMILES string of the molecule is c1ccc2c(c1)-c1cc3c4ccccc4c4ccccc4c3cc1-c1cccc(-c3ccc4oc5ccccc5c4c3)c1-c1cc(-c3ccc4oc5ccccc5c4c3)ccc1-2. The molecule has 2 nitrogen and oxygen atoms in total. The molecule has 286 valence electrons. The van der Waals surface area contributed by atoms with Gasteiger partial charge < -0.3 is 8.83 Å². The molecular weight excluding hydrogens is 753 g/mol. The Bertz CT molecular complexity index is 4050. The molecule has 2 heterocycles. The van der Waals surface area contributed by atoms with Crippen molar-refractivity contribution in [2.75, 3.05) is 0 Å². The van der Waals surface area contributed by atoms with E-state index in [0.29, 0.717) is 0 Å². The lowest BCUT2D eigenvalue weighted by Gasteiger charge is -2.26. The molecule has 0 N–H and O–H groups in total. The summed E-state index contributed by atoms with van der Waals surface area (Å²) < 4.78 is 12.6. The van der Waals surface area contributed by atoms with Crippen LogP contribution in [0.5, 0.6) is 0 Å². The molecule has 0 bridgehead atoms. The zero-order chi connectivity index (χ0) is 40.5. The van der Waals surface area contributed by atoms with Crippen LogP contribution in [0.1, 0.15) is 0 Å². The number of benzene rings is 11. The summed E-state index contributed by atoms with van der Waals surface area (Å²) in [6.07, 6.45) is 0. The van der Waals surface area contributed by atoms with Gasteiger partial charge in [0.1, 0.15) is 22.3 Å². The van der Waals surface area contributed by atoms with Crippen LogP contribution in [0.15, 0.2) is 215 Å². The molecule has 1 aliphatic rings. The summed E-state index contributed by atoms with van der Waals surface area (Å²) in [6.45, 7) is 0. The number of furan rings is 2. The van der Waals surface area contributed by atoms with Crippen LogP contribution >= 0.6 is 0 Å². The monoisotopic (exact) mass is 786 g/mol. The average Bonchev–Trinajstić information content (AvgIpc) is 3.91. The van der Waals surface area contributed by atoms with Gasteiger partial charge in [-0.3, -0.25) is 0 Å². The number of para-hydroxylation sites is 2. The minimum absolute atomic E-state index is 0.892. The number of rotatable bonds is 2. The molecule has 0 unspecified atom stereocenters. The Morgan fingerprint density at radius 3 is 1.23 bits per heavy atom. The van der Waals surface area contributed by atoms with Gasteiger partial charge >= 0.3 is 0 Å². The van der Waals surface area contributed by atoms with Crippen molar-refractivity contribution >= 4 is 76.2 Å². The van der Waals surface area contributed by atoms with Gasteiger partial charge in [0.15, 0.2) is 0 Å². The van der Waals surface area contributed by atoms with Gasteiger partial charge in [0, 0.05) is 21.5 Å². The van der Waals surface area contributed by atoms with Gasteiger partial charge in [-0.05, 0) is 154 Å². The molecule has 0 saturated carbocycles. The maximum Gasteiger partial charge on any atom is 0.135 e. The first kappa shape index (κ1) is 33.6. The number of hydrogen-bond acceptors (Lipinski definition) is 2. The van der Waals surface area contributed by atoms with Gasteiger partial charge in [0.05, 0.1) is 0 Å². The zero-order valence-corrected chi connectivity index (χ0v) is 33.4. The van der Waals surface area contributed by atoms with Crippen molar-refractivity contribution in [2.45, 2.75) is 0 Å². The van der Waals surface area contributed by atoms with E-state index in [4.69, 9.17) is 8.83 Å². The topological polar surface area (TPSA) is 26.3 Å². The van der Waals surface area contributed by atoms with Gasteiger partial charge in [-0.15, -0.1) is 0 Å².